The summed E-state index contributed by atoms with van der Waals surface area (Å²) in [6, 6.07) is 19.0. The van der Waals surface area contributed by atoms with Crippen LogP contribution in [0.15, 0.2) is 64.9 Å². The van der Waals surface area contributed by atoms with Gasteiger partial charge in [0, 0.05) is 22.5 Å². The largest absolute Gasteiger partial charge is 0.480 e. The smallest absolute Gasteiger partial charge is 0.420 e. The number of carbonyl (C=O) groups is 1. The molecule has 9 nitrogen and oxygen atoms in total. The second-order valence-corrected chi connectivity index (χ2v) is 12.3. The van der Waals surface area contributed by atoms with E-state index >= 15 is 0 Å². The van der Waals surface area contributed by atoms with Gasteiger partial charge in [0.2, 0.25) is 5.88 Å². The summed E-state index contributed by atoms with van der Waals surface area (Å²) in [5, 5.41) is 10.1. The lowest BCUT2D eigenvalue weighted by Gasteiger charge is -2.12. The molecule has 0 unspecified atom stereocenters. The Bertz CT molecular complexity index is 1540. The maximum atomic E-state index is 13.0. The maximum Gasteiger partial charge on any atom is 0.420 e. The molecule has 0 saturated carbocycles. The normalized spacial score (nSPS) is 11.5. The van der Waals surface area contributed by atoms with Crippen LogP contribution in [0.4, 0.5) is 4.79 Å². The highest BCUT2D eigenvalue weighted by Crippen LogP contribution is 2.37. The molecule has 11 heteroatoms. The fraction of sp³-hybridized carbons (Fsp3) is 0.286. The summed E-state index contributed by atoms with van der Waals surface area (Å²) in [6.07, 6.45) is -0.335. The number of amides is 1. The van der Waals surface area contributed by atoms with E-state index in [0.717, 1.165) is 34.5 Å². The van der Waals surface area contributed by atoms with Gasteiger partial charge in [0.1, 0.15) is 15.7 Å². The number of methoxy groups -OCH3 is 2. The Labute approximate surface area is 232 Å². The number of thiophene rings is 1. The number of sulfonamides is 1. The summed E-state index contributed by atoms with van der Waals surface area (Å²) in [5.74, 6) is 1.35. The van der Waals surface area contributed by atoms with E-state index in [4.69, 9.17) is 4.74 Å². The predicted molar refractivity (Wildman–Crippen MR) is 150 cm³/mol. The number of ether oxygens (including phenoxy) is 2. The van der Waals surface area contributed by atoms with Crippen LogP contribution in [-0.4, -0.2) is 43.4 Å². The molecule has 2 aromatic carbocycles. The number of nitrogens with zero attached hydrogens (tertiary/aromatic N) is 2. The summed E-state index contributed by atoms with van der Waals surface area (Å²) in [5.41, 5.74) is 3.57. The molecule has 0 aliphatic heterocycles. The van der Waals surface area contributed by atoms with Crippen molar-refractivity contribution in [3.05, 3.63) is 76.8 Å². The molecule has 1 amide bonds. The van der Waals surface area contributed by atoms with Crippen LogP contribution in [0.5, 0.6) is 5.88 Å². The Morgan fingerprint density at radius 2 is 1.77 bits per heavy atom. The quantitative estimate of drug-likeness (QED) is 0.274. The number of nitrogens with one attached hydrogen (secondary N) is 1. The molecule has 0 aliphatic rings. The standard InChI is InChI=1S/C28H31N3O6S2/c1-18(2)14-22-15-23(27(38-22)39(34,35)30-28(33)37-4)20-12-10-19(11-13-20)16-31-24(17-32)26(36-3)29-25(31)21-8-6-5-7-9-21/h5-13,15,18,32H,14,16-17H2,1-4H3,(H,30,33). The highest BCUT2D eigenvalue weighted by Gasteiger charge is 2.26. The van der Waals surface area contributed by atoms with Crippen molar-refractivity contribution in [1.82, 2.24) is 14.3 Å². The molecule has 0 atom stereocenters. The second-order valence-electron chi connectivity index (χ2n) is 9.31. The van der Waals surface area contributed by atoms with Crippen molar-refractivity contribution in [3.63, 3.8) is 0 Å². The summed E-state index contributed by atoms with van der Waals surface area (Å²) in [6.45, 7) is 4.28. The van der Waals surface area contributed by atoms with Gasteiger partial charge in [-0.25, -0.2) is 17.9 Å². The van der Waals surface area contributed by atoms with Crippen LogP contribution in [0, 0.1) is 5.92 Å². The fourth-order valence-corrected chi connectivity index (χ4v) is 7.12. The van der Waals surface area contributed by atoms with Crippen molar-refractivity contribution in [3.8, 4) is 28.4 Å². The number of aromatic nitrogens is 2. The van der Waals surface area contributed by atoms with Gasteiger partial charge in [0.15, 0.2) is 0 Å². The number of aliphatic hydroxyl groups excluding tert-OH is 1. The van der Waals surface area contributed by atoms with Gasteiger partial charge in [-0.3, -0.25) is 0 Å². The minimum Gasteiger partial charge on any atom is -0.480 e. The summed E-state index contributed by atoms with van der Waals surface area (Å²) in [4.78, 5) is 17.2. The van der Waals surface area contributed by atoms with Crippen molar-refractivity contribution in [2.24, 2.45) is 5.92 Å². The van der Waals surface area contributed by atoms with E-state index < -0.39 is 16.1 Å². The minimum atomic E-state index is -4.13. The van der Waals surface area contributed by atoms with Crippen molar-refractivity contribution in [2.45, 2.75) is 37.6 Å². The number of benzene rings is 2. The van der Waals surface area contributed by atoms with Gasteiger partial charge in [-0.15, -0.1) is 11.3 Å². The van der Waals surface area contributed by atoms with Crippen molar-refractivity contribution in [1.29, 1.82) is 0 Å². The predicted octanol–water partition coefficient (Wildman–Crippen LogP) is 5.07. The van der Waals surface area contributed by atoms with E-state index in [1.807, 2.05) is 70.0 Å². The zero-order chi connectivity index (χ0) is 28.2. The van der Waals surface area contributed by atoms with Crippen molar-refractivity contribution in [2.75, 3.05) is 14.2 Å². The zero-order valence-corrected chi connectivity index (χ0v) is 23.8. The molecule has 206 valence electrons. The number of hydrogen-bond donors (Lipinski definition) is 2. The number of rotatable bonds is 10. The number of hydrogen-bond acceptors (Lipinski definition) is 8. The van der Waals surface area contributed by atoms with E-state index in [1.165, 1.54) is 7.11 Å². The van der Waals surface area contributed by atoms with Crippen molar-refractivity contribution < 1.29 is 27.8 Å². The van der Waals surface area contributed by atoms with Gasteiger partial charge < -0.3 is 19.1 Å². The van der Waals surface area contributed by atoms with Gasteiger partial charge in [0.25, 0.3) is 10.0 Å². The first-order chi connectivity index (χ1) is 18.7. The Balaban J connectivity index is 1.71. The highest BCUT2D eigenvalue weighted by atomic mass is 32.2. The lowest BCUT2D eigenvalue weighted by atomic mass is 10.0. The van der Waals surface area contributed by atoms with E-state index in [1.54, 1.807) is 0 Å². The Kier molecular flexibility index (Phi) is 8.73. The van der Waals surface area contributed by atoms with Crippen LogP contribution in [0.1, 0.15) is 30.0 Å². The molecular formula is C28H31N3O6S2. The molecule has 2 N–H and O–H groups in total. The van der Waals surface area contributed by atoms with Gasteiger partial charge in [-0.1, -0.05) is 68.4 Å². The van der Waals surface area contributed by atoms with Crippen molar-refractivity contribution >= 4 is 27.5 Å². The Hall–Kier alpha value is -3.67. The van der Waals surface area contributed by atoms with Gasteiger partial charge in [-0.2, -0.15) is 4.98 Å². The molecule has 2 aromatic heterocycles. The summed E-state index contributed by atoms with van der Waals surface area (Å²) in [7, 11) is -1.50. The van der Waals surface area contributed by atoms with Crippen LogP contribution >= 0.6 is 11.3 Å². The summed E-state index contributed by atoms with van der Waals surface area (Å²) >= 11 is 1.15. The topological polar surface area (TPSA) is 120 Å². The Morgan fingerprint density at radius 1 is 1.08 bits per heavy atom. The van der Waals surface area contributed by atoms with Crippen LogP contribution in [0.2, 0.25) is 0 Å². The molecule has 0 aliphatic carbocycles. The van der Waals surface area contributed by atoms with E-state index in [2.05, 4.69) is 23.6 Å². The minimum absolute atomic E-state index is 0.0598. The molecule has 39 heavy (non-hydrogen) atoms. The van der Waals surface area contributed by atoms with E-state index in [9.17, 15) is 18.3 Å². The molecule has 0 spiro atoms. The molecule has 4 rings (SSSR count). The molecule has 2 heterocycles. The maximum absolute atomic E-state index is 13.0. The van der Waals surface area contributed by atoms with Gasteiger partial charge in [-0.05, 0) is 29.5 Å². The third-order valence-electron chi connectivity index (χ3n) is 6.02. The third kappa shape index (κ3) is 6.32. The van der Waals surface area contributed by atoms with Gasteiger partial charge in [0.05, 0.1) is 20.8 Å². The lowest BCUT2D eigenvalue weighted by molar-refractivity contribution is 0.177. The van der Waals surface area contributed by atoms with Crippen LogP contribution in [0.25, 0.3) is 22.5 Å². The molecular weight excluding hydrogens is 538 g/mol. The Morgan fingerprint density at radius 3 is 2.36 bits per heavy atom. The monoisotopic (exact) mass is 569 g/mol. The SMILES string of the molecule is COC(=O)NS(=O)(=O)c1sc(CC(C)C)cc1-c1ccc(Cn2c(-c3ccccc3)nc(OC)c2CO)cc1. The number of aliphatic hydroxyl groups is 1. The van der Waals surface area contributed by atoms with Crippen LogP contribution < -0.4 is 9.46 Å². The van der Waals surface area contributed by atoms with Crippen LogP contribution in [0.3, 0.4) is 0 Å². The highest BCUT2D eigenvalue weighted by molar-refractivity contribution is 7.92. The molecule has 0 saturated heterocycles. The first kappa shape index (κ1) is 28.3. The molecule has 0 radical (unpaired) electrons. The zero-order valence-electron chi connectivity index (χ0n) is 22.2. The fourth-order valence-electron chi connectivity index (χ4n) is 4.26. The van der Waals surface area contributed by atoms with E-state index in [0.29, 0.717) is 47.4 Å². The first-order valence-electron chi connectivity index (χ1n) is 12.3. The number of imidazole rings is 1. The van der Waals surface area contributed by atoms with Crippen LogP contribution in [-0.2, 0) is 34.3 Å². The molecule has 0 bridgehead atoms. The average Bonchev–Trinajstić information content (AvgIpc) is 3.50. The van der Waals surface area contributed by atoms with E-state index in [-0.39, 0.29) is 10.8 Å². The lowest BCUT2D eigenvalue weighted by Crippen LogP contribution is -2.30. The number of carbonyl (C=O) groups excluding carboxylic acids is 1. The first-order valence-corrected chi connectivity index (χ1v) is 14.6. The third-order valence-corrected chi connectivity index (χ3v) is 9.03. The average molecular weight is 570 g/mol. The van der Waals surface area contributed by atoms with Gasteiger partial charge >= 0.3 is 6.09 Å². The second kappa shape index (κ2) is 12.0. The molecule has 0 fully saturated rings. The summed E-state index contributed by atoms with van der Waals surface area (Å²) < 4.78 is 39.9. The molecule has 4 aromatic rings.